The minimum atomic E-state index is -3.56. The number of imidazole rings is 1. The van der Waals surface area contributed by atoms with Gasteiger partial charge in [0.15, 0.2) is 11.5 Å². The van der Waals surface area contributed by atoms with Gasteiger partial charge < -0.3 is 15.6 Å². The number of pyridine rings is 1. The Hall–Kier alpha value is -3.28. The molecule has 0 saturated heterocycles. The lowest BCUT2D eigenvalue weighted by molar-refractivity contribution is -0.117. The summed E-state index contributed by atoms with van der Waals surface area (Å²) in [6.07, 6.45) is -0.169. The molecular weight excluding hydrogens is 442 g/mol. The van der Waals surface area contributed by atoms with E-state index in [-0.39, 0.29) is 34.5 Å². The van der Waals surface area contributed by atoms with Crippen LogP contribution in [0.2, 0.25) is 0 Å². The van der Waals surface area contributed by atoms with Crippen LogP contribution in [0.1, 0.15) is 30.7 Å². The molecule has 1 amide bonds. The number of alkyl halides is 2. The van der Waals surface area contributed by atoms with Crippen molar-refractivity contribution in [2.75, 3.05) is 28.2 Å². The number of rotatable bonds is 7. The summed E-state index contributed by atoms with van der Waals surface area (Å²) in [7, 11) is -2.14. The Morgan fingerprint density at radius 2 is 1.94 bits per heavy atom. The molecule has 1 aliphatic carbocycles. The van der Waals surface area contributed by atoms with Gasteiger partial charge in [-0.15, -0.1) is 0 Å². The molecule has 3 aromatic rings. The quantitative estimate of drug-likeness (QED) is 0.491. The van der Waals surface area contributed by atoms with Crippen LogP contribution in [0.25, 0.3) is 11.2 Å². The summed E-state index contributed by atoms with van der Waals surface area (Å²) in [6, 6.07) is 6.64. The lowest BCUT2D eigenvalue weighted by atomic mass is 10.2. The average molecular weight is 464 g/mol. The first-order valence-corrected chi connectivity index (χ1v) is 11.7. The zero-order chi connectivity index (χ0) is 23.2. The van der Waals surface area contributed by atoms with Crippen LogP contribution >= 0.6 is 0 Å². The van der Waals surface area contributed by atoms with E-state index in [1.807, 2.05) is 6.92 Å². The number of aryl methyl sites for hydroxylation is 1. The molecule has 32 heavy (non-hydrogen) atoms. The molecule has 0 radical (unpaired) electrons. The lowest BCUT2D eigenvalue weighted by Gasteiger charge is -2.22. The Bertz CT molecular complexity index is 1300. The minimum Gasteiger partial charge on any atom is -0.352 e. The first-order valence-electron chi connectivity index (χ1n) is 9.84. The van der Waals surface area contributed by atoms with E-state index in [1.54, 1.807) is 18.2 Å². The Morgan fingerprint density at radius 3 is 2.56 bits per heavy atom. The van der Waals surface area contributed by atoms with Gasteiger partial charge in [-0.05, 0) is 37.5 Å². The van der Waals surface area contributed by atoms with Crippen LogP contribution in [0, 0.1) is 12.8 Å². The second-order valence-corrected chi connectivity index (χ2v) is 9.83. The highest BCUT2D eigenvalue weighted by molar-refractivity contribution is 7.92. The van der Waals surface area contributed by atoms with Gasteiger partial charge >= 0.3 is 0 Å². The number of hydrogen-bond acceptors (Lipinski definition) is 6. The van der Waals surface area contributed by atoms with E-state index in [1.165, 1.54) is 13.1 Å². The van der Waals surface area contributed by atoms with Crippen LogP contribution in [0.4, 0.5) is 31.7 Å². The third-order valence-electron chi connectivity index (χ3n) is 5.14. The number of nitrogens with zero attached hydrogens (tertiary/aromatic N) is 3. The predicted molar refractivity (Wildman–Crippen MR) is 118 cm³/mol. The highest BCUT2D eigenvalue weighted by atomic mass is 32.2. The predicted octanol–water partition coefficient (Wildman–Crippen LogP) is 3.69. The summed E-state index contributed by atoms with van der Waals surface area (Å²) < 4.78 is 51.9. The molecule has 3 N–H and O–H groups in total. The maximum Gasteiger partial charge on any atom is 0.295 e. The van der Waals surface area contributed by atoms with E-state index in [2.05, 4.69) is 25.6 Å². The summed E-state index contributed by atoms with van der Waals surface area (Å²) in [5, 5.41) is 5.78. The highest BCUT2D eigenvalue weighted by Gasteiger charge is 2.30. The summed E-state index contributed by atoms with van der Waals surface area (Å²) >= 11 is 0. The number of aromatic nitrogens is 3. The van der Waals surface area contributed by atoms with Crippen molar-refractivity contribution in [2.45, 2.75) is 26.2 Å². The van der Waals surface area contributed by atoms with Gasteiger partial charge in [0, 0.05) is 19.0 Å². The minimum absolute atomic E-state index is 0.0709. The van der Waals surface area contributed by atoms with Crippen molar-refractivity contribution >= 4 is 50.0 Å². The number of sulfonamides is 1. The number of aromatic amines is 1. The summed E-state index contributed by atoms with van der Waals surface area (Å²) in [5.74, 6) is -0.649. The number of carbonyl (C=O) groups is 1. The Morgan fingerprint density at radius 1 is 1.22 bits per heavy atom. The third kappa shape index (κ3) is 4.49. The molecule has 2 aromatic heterocycles. The number of anilines is 4. The van der Waals surface area contributed by atoms with Gasteiger partial charge in [0.1, 0.15) is 11.3 Å². The third-order valence-corrected chi connectivity index (χ3v) is 6.33. The molecule has 0 unspecified atom stereocenters. The molecule has 0 atom stereocenters. The Kier molecular flexibility index (Phi) is 5.49. The fourth-order valence-electron chi connectivity index (χ4n) is 3.18. The van der Waals surface area contributed by atoms with Crippen LogP contribution in [0.15, 0.2) is 24.3 Å². The van der Waals surface area contributed by atoms with Crippen molar-refractivity contribution in [1.82, 2.24) is 15.0 Å². The zero-order valence-electron chi connectivity index (χ0n) is 17.6. The number of amides is 1. The fourth-order valence-corrected chi connectivity index (χ4v) is 3.68. The van der Waals surface area contributed by atoms with Gasteiger partial charge in [-0.1, -0.05) is 6.07 Å². The summed E-state index contributed by atoms with van der Waals surface area (Å²) in [6.45, 7) is 1.82. The summed E-state index contributed by atoms with van der Waals surface area (Å²) in [4.78, 5) is 22.8. The molecule has 0 spiro atoms. The molecule has 2 heterocycles. The number of H-pyrrole nitrogens is 1. The van der Waals surface area contributed by atoms with Crippen molar-refractivity contribution in [1.29, 1.82) is 0 Å². The van der Waals surface area contributed by atoms with E-state index < -0.39 is 22.3 Å². The van der Waals surface area contributed by atoms with Crippen molar-refractivity contribution in [3.63, 3.8) is 0 Å². The molecule has 1 aliphatic rings. The number of carbonyl (C=O) groups excluding carboxylic acids is 1. The van der Waals surface area contributed by atoms with Crippen molar-refractivity contribution in [2.24, 2.45) is 5.92 Å². The number of benzene rings is 1. The van der Waals surface area contributed by atoms with Gasteiger partial charge in [-0.2, -0.15) is 0 Å². The van der Waals surface area contributed by atoms with E-state index in [0.29, 0.717) is 11.4 Å². The smallest absolute Gasteiger partial charge is 0.295 e. The number of hydrogen-bond donors (Lipinski definition) is 3. The van der Waals surface area contributed by atoms with Crippen molar-refractivity contribution in [3.05, 3.63) is 35.7 Å². The lowest BCUT2D eigenvalue weighted by Crippen LogP contribution is -2.25. The highest BCUT2D eigenvalue weighted by Crippen LogP contribution is 2.35. The zero-order valence-corrected chi connectivity index (χ0v) is 18.4. The maximum absolute atomic E-state index is 13.2. The van der Waals surface area contributed by atoms with Gasteiger partial charge in [-0.3, -0.25) is 9.10 Å². The average Bonchev–Trinajstić information content (AvgIpc) is 3.47. The standard InChI is InChI=1S/C20H22F2N6O3S/c1-10-4-7-12(14(8-10)28(2)32(3,30)31)23-13-9-15(25-20(29)11-5-6-11)24-18-16(13)26-19(27-18)17(21)22/h4,7-9,11,17H,5-6H2,1-3H3,(H3,23,24,25,26,27,29). The van der Waals surface area contributed by atoms with Crippen molar-refractivity contribution < 1.29 is 22.0 Å². The Labute approximate surface area is 183 Å². The first-order chi connectivity index (χ1) is 15.0. The number of halogens is 2. The normalized spacial score (nSPS) is 14.1. The second-order valence-electron chi connectivity index (χ2n) is 7.81. The summed E-state index contributed by atoms with van der Waals surface area (Å²) in [5.41, 5.74) is 2.11. The number of fused-ring (bicyclic) bond motifs is 1. The molecule has 12 heteroatoms. The maximum atomic E-state index is 13.2. The molecule has 9 nitrogen and oxygen atoms in total. The molecular formula is C20H22F2N6O3S. The van der Waals surface area contributed by atoms with E-state index >= 15 is 0 Å². The molecule has 0 aliphatic heterocycles. The first kappa shape index (κ1) is 21.9. The van der Waals surface area contributed by atoms with Gasteiger partial charge in [-0.25, -0.2) is 27.2 Å². The molecule has 1 saturated carbocycles. The second kappa shape index (κ2) is 8.01. The van der Waals surface area contributed by atoms with Gasteiger partial charge in [0.25, 0.3) is 6.43 Å². The Balaban J connectivity index is 1.80. The van der Waals surface area contributed by atoms with Gasteiger partial charge in [0.2, 0.25) is 15.9 Å². The topological polar surface area (TPSA) is 120 Å². The van der Waals surface area contributed by atoms with E-state index in [9.17, 15) is 22.0 Å². The van der Waals surface area contributed by atoms with E-state index in [0.717, 1.165) is 29.0 Å². The molecule has 4 rings (SSSR count). The monoisotopic (exact) mass is 464 g/mol. The van der Waals surface area contributed by atoms with Crippen LogP contribution < -0.4 is 14.9 Å². The van der Waals surface area contributed by atoms with Crippen LogP contribution in [-0.4, -0.2) is 42.6 Å². The fraction of sp³-hybridized carbons (Fsp3) is 0.350. The molecule has 1 fully saturated rings. The SMILES string of the molecule is Cc1ccc(Nc2cc(NC(=O)C3CC3)nc3[nH]c(C(F)F)nc23)c(N(C)S(C)(=O)=O)c1. The number of nitrogens with one attached hydrogen (secondary N) is 3. The van der Waals surface area contributed by atoms with Crippen LogP contribution in [0.3, 0.4) is 0 Å². The largest absolute Gasteiger partial charge is 0.352 e. The van der Waals surface area contributed by atoms with Crippen LogP contribution in [0.5, 0.6) is 0 Å². The van der Waals surface area contributed by atoms with Crippen molar-refractivity contribution in [3.8, 4) is 0 Å². The molecule has 170 valence electrons. The van der Waals surface area contributed by atoms with Crippen LogP contribution in [-0.2, 0) is 14.8 Å². The molecule has 0 bridgehead atoms. The van der Waals surface area contributed by atoms with Gasteiger partial charge in [0.05, 0.1) is 23.3 Å². The van der Waals surface area contributed by atoms with E-state index in [4.69, 9.17) is 0 Å². The molecule has 1 aromatic carbocycles.